The summed E-state index contributed by atoms with van der Waals surface area (Å²) in [6, 6.07) is 0. The van der Waals surface area contributed by atoms with Crippen LogP contribution in [0, 0.1) is 11.8 Å². The minimum atomic E-state index is -0.893. The Bertz CT molecular complexity index is 327. The molecule has 1 amide bonds. The molecule has 5 heteroatoms. The number of rotatable bonds is 8. The van der Waals surface area contributed by atoms with Crippen molar-refractivity contribution in [3.63, 3.8) is 0 Å². The van der Waals surface area contributed by atoms with Crippen LogP contribution in [0.5, 0.6) is 0 Å². The van der Waals surface area contributed by atoms with E-state index in [1.54, 1.807) is 0 Å². The predicted octanol–water partition coefficient (Wildman–Crippen LogP) is 1.59. The Hall–Kier alpha value is -1.36. The lowest BCUT2D eigenvalue weighted by Gasteiger charge is -2.24. The Morgan fingerprint density at radius 3 is 2.58 bits per heavy atom. The maximum absolute atomic E-state index is 12.0. The van der Waals surface area contributed by atoms with Crippen molar-refractivity contribution in [1.82, 2.24) is 5.32 Å². The first kappa shape index (κ1) is 15.7. The van der Waals surface area contributed by atoms with Gasteiger partial charge in [-0.1, -0.05) is 19.1 Å². The van der Waals surface area contributed by atoms with E-state index in [0.29, 0.717) is 26.0 Å². The van der Waals surface area contributed by atoms with E-state index in [1.807, 2.05) is 19.1 Å². The number of carboxylic acid groups (broad SMARTS) is 1. The Kier molecular flexibility index (Phi) is 7.18. The summed E-state index contributed by atoms with van der Waals surface area (Å²) in [5.41, 5.74) is 0. The number of carbonyl (C=O) groups is 2. The van der Waals surface area contributed by atoms with E-state index < -0.39 is 17.8 Å². The summed E-state index contributed by atoms with van der Waals surface area (Å²) in [5, 5.41) is 11.9. The molecule has 0 aromatic heterocycles. The second-order valence-electron chi connectivity index (χ2n) is 4.75. The predicted molar refractivity (Wildman–Crippen MR) is 71.7 cm³/mol. The van der Waals surface area contributed by atoms with E-state index in [0.717, 1.165) is 19.4 Å². The van der Waals surface area contributed by atoms with Crippen LogP contribution in [0.15, 0.2) is 12.2 Å². The van der Waals surface area contributed by atoms with E-state index in [2.05, 4.69) is 5.32 Å². The minimum absolute atomic E-state index is 0.160. The van der Waals surface area contributed by atoms with Crippen molar-refractivity contribution >= 4 is 11.9 Å². The van der Waals surface area contributed by atoms with Crippen LogP contribution in [0.2, 0.25) is 0 Å². The van der Waals surface area contributed by atoms with Crippen molar-refractivity contribution in [3.05, 3.63) is 12.2 Å². The summed E-state index contributed by atoms with van der Waals surface area (Å²) < 4.78 is 5.31. The Balaban J connectivity index is 2.27. The molecule has 19 heavy (non-hydrogen) atoms. The fourth-order valence-electron chi connectivity index (χ4n) is 2.14. The van der Waals surface area contributed by atoms with E-state index in [9.17, 15) is 9.59 Å². The highest BCUT2D eigenvalue weighted by Crippen LogP contribution is 2.25. The maximum atomic E-state index is 12.0. The maximum Gasteiger partial charge on any atom is 0.307 e. The number of carbonyl (C=O) groups excluding carboxylic acids is 1. The third kappa shape index (κ3) is 5.42. The summed E-state index contributed by atoms with van der Waals surface area (Å²) in [4.78, 5) is 23.0. The van der Waals surface area contributed by atoms with Gasteiger partial charge in [0, 0.05) is 19.8 Å². The molecule has 0 bridgehead atoms. The molecular weight excluding hydrogens is 246 g/mol. The van der Waals surface area contributed by atoms with Gasteiger partial charge >= 0.3 is 5.97 Å². The zero-order valence-electron chi connectivity index (χ0n) is 11.4. The summed E-state index contributed by atoms with van der Waals surface area (Å²) in [7, 11) is 0. The fraction of sp³-hybridized carbons (Fsp3) is 0.714. The number of amides is 1. The van der Waals surface area contributed by atoms with Gasteiger partial charge in [-0.15, -0.1) is 0 Å². The molecule has 0 unspecified atom stereocenters. The molecule has 108 valence electrons. The van der Waals surface area contributed by atoms with Crippen LogP contribution in [0.1, 0.15) is 32.6 Å². The Morgan fingerprint density at radius 2 is 1.95 bits per heavy atom. The van der Waals surface area contributed by atoms with Gasteiger partial charge in [-0.05, 0) is 25.7 Å². The molecule has 0 radical (unpaired) electrons. The third-order valence-electron chi connectivity index (χ3n) is 3.20. The van der Waals surface area contributed by atoms with Gasteiger partial charge in [-0.3, -0.25) is 9.59 Å². The van der Waals surface area contributed by atoms with Crippen LogP contribution in [0.3, 0.4) is 0 Å². The van der Waals surface area contributed by atoms with Crippen molar-refractivity contribution in [3.8, 4) is 0 Å². The van der Waals surface area contributed by atoms with Gasteiger partial charge in [0.2, 0.25) is 5.91 Å². The van der Waals surface area contributed by atoms with Crippen LogP contribution in [-0.4, -0.2) is 36.7 Å². The highest BCUT2D eigenvalue weighted by molar-refractivity contribution is 5.85. The van der Waals surface area contributed by atoms with Crippen LogP contribution in [0.4, 0.5) is 0 Å². The van der Waals surface area contributed by atoms with E-state index in [1.165, 1.54) is 0 Å². The molecule has 0 saturated heterocycles. The molecule has 0 aromatic carbocycles. The zero-order chi connectivity index (χ0) is 14.1. The summed E-state index contributed by atoms with van der Waals surface area (Å²) in [6.45, 7) is 3.95. The first-order valence-electron chi connectivity index (χ1n) is 6.90. The average Bonchev–Trinajstić information content (AvgIpc) is 2.42. The van der Waals surface area contributed by atoms with Crippen LogP contribution >= 0.6 is 0 Å². The minimum Gasteiger partial charge on any atom is -0.481 e. The van der Waals surface area contributed by atoms with Crippen molar-refractivity contribution in [2.24, 2.45) is 11.8 Å². The fourth-order valence-corrected chi connectivity index (χ4v) is 2.14. The molecule has 0 aromatic rings. The molecule has 1 aliphatic carbocycles. The van der Waals surface area contributed by atoms with Gasteiger partial charge in [0.05, 0.1) is 11.8 Å². The second kappa shape index (κ2) is 8.69. The van der Waals surface area contributed by atoms with E-state index in [4.69, 9.17) is 9.84 Å². The van der Waals surface area contributed by atoms with Crippen LogP contribution in [-0.2, 0) is 14.3 Å². The van der Waals surface area contributed by atoms with Crippen molar-refractivity contribution in [2.75, 3.05) is 19.8 Å². The van der Waals surface area contributed by atoms with Crippen LogP contribution in [0.25, 0.3) is 0 Å². The number of hydrogen-bond donors (Lipinski definition) is 2. The largest absolute Gasteiger partial charge is 0.481 e. The molecule has 2 atom stereocenters. The number of carboxylic acids is 1. The number of ether oxygens (including phenoxy) is 1. The zero-order valence-corrected chi connectivity index (χ0v) is 11.4. The smallest absolute Gasteiger partial charge is 0.307 e. The van der Waals surface area contributed by atoms with Crippen molar-refractivity contribution in [1.29, 1.82) is 0 Å². The molecule has 1 rings (SSSR count). The standard InChI is InChI=1S/C14H23NO4/c1-2-9-19-10-5-8-15-13(16)11-6-3-4-7-12(11)14(17)18/h3-4,11-12H,2,5-10H2,1H3,(H,15,16)(H,17,18)/t11-,12+/m1/s1. The molecule has 5 nitrogen and oxygen atoms in total. The molecule has 2 N–H and O–H groups in total. The van der Waals surface area contributed by atoms with Crippen molar-refractivity contribution < 1.29 is 19.4 Å². The van der Waals surface area contributed by atoms with Gasteiger partial charge in [-0.2, -0.15) is 0 Å². The van der Waals surface area contributed by atoms with Gasteiger partial charge in [0.15, 0.2) is 0 Å². The monoisotopic (exact) mass is 269 g/mol. The quantitative estimate of drug-likeness (QED) is 0.518. The third-order valence-corrected chi connectivity index (χ3v) is 3.20. The van der Waals surface area contributed by atoms with Crippen molar-refractivity contribution in [2.45, 2.75) is 32.6 Å². The molecule has 0 aliphatic heterocycles. The second-order valence-corrected chi connectivity index (χ2v) is 4.75. The van der Waals surface area contributed by atoms with E-state index in [-0.39, 0.29) is 5.91 Å². The average molecular weight is 269 g/mol. The molecule has 0 spiro atoms. The summed E-state index contributed by atoms with van der Waals surface area (Å²) in [5.74, 6) is -2.09. The SMILES string of the molecule is CCCOCCCNC(=O)[C@@H]1CC=CC[C@@H]1C(=O)O. The normalized spacial score (nSPS) is 22.2. The van der Waals surface area contributed by atoms with Gasteiger partial charge in [0.1, 0.15) is 0 Å². The number of hydrogen-bond acceptors (Lipinski definition) is 3. The first-order chi connectivity index (χ1) is 9.16. The summed E-state index contributed by atoms with van der Waals surface area (Å²) in [6.07, 6.45) is 6.41. The first-order valence-corrected chi connectivity index (χ1v) is 6.90. The summed E-state index contributed by atoms with van der Waals surface area (Å²) >= 11 is 0. The lowest BCUT2D eigenvalue weighted by molar-refractivity contribution is -0.147. The van der Waals surface area contributed by atoms with Gasteiger partial charge < -0.3 is 15.2 Å². The number of aliphatic carboxylic acids is 1. The number of nitrogens with one attached hydrogen (secondary N) is 1. The molecule has 0 saturated carbocycles. The lowest BCUT2D eigenvalue weighted by Crippen LogP contribution is -2.39. The molecule has 1 aliphatic rings. The molecule has 0 heterocycles. The molecular formula is C14H23NO4. The highest BCUT2D eigenvalue weighted by atomic mass is 16.5. The topological polar surface area (TPSA) is 75.6 Å². The lowest BCUT2D eigenvalue weighted by atomic mass is 9.82. The number of allylic oxidation sites excluding steroid dienone is 2. The van der Waals surface area contributed by atoms with E-state index >= 15 is 0 Å². The Morgan fingerprint density at radius 1 is 1.26 bits per heavy atom. The van der Waals surface area contributed by atoms with Gasteiger partial charge in [0.25, 0.3) is 0 Å². The Labute approximate surface area is 114 Å². The molecule has 0 fully saturated rings. The highest BCUT2D eigenvalue weighted by Gasteiger charge is 2.33. The van der Waals surface area contributed by atoms with Crippen LogP contribution < -0.4 is 5.32 Å². The van der Waals surface area contributed by atoms with Gasteiger partial charge in [-0.25, -0.2) is 0 Å².